The third-order valence-corrected chi connectivity index (χ3v) is 4.47. The highest BCUT2D eigenvalue weighted by Crippen LogP contribution is 2.24. The monoisotopic (exact) mass is 350 g/mol. The molecule has 0 saturated heterocycles. The zero-order chi connectivity index (χ0) is 17.0. The lowest BCUT2D eigenvalue weighted by Crippen LogP contribution is -2.14. The fraction of sp³-hybridized carbons (Fsp3) is 0.188. The topological polar surface area (TPSA) is 79.2 Å². The van der Waals surface area contributed by atoms with Gasteiger partial charge in [-0.25, -0.2) is 8.42 Å². The van der Waals surface area contributed by atoms with E-state index in [0.29, 0.717) is 10.8 Å². The van der Waals surface area contributed by atoms with Gasteiger partial charge in [0.25, 0.3) is 10.0 Å². The minimum absolute atomic E-state index is 0.000213. The average Bonchev–Trinajstić information content (AvgIpc) is 2.47. The van der Waals surface area contributed by atoms with Crippen LogP contribution in [0.15, 0.2) is 47.4 Å². The number of sulfonamides is 1. The molecular formula is C16H15ClN2O3S. The molecule has 1 N–H and O–H groups in total. The lowest BCUT2D eigenvalue weighted by atomic mass is 10.2. The Morgan fingerprint density at radius 3 is 2.39 bits per heavy atom. The van der Waals surface area contributed by atoms with Gasteiger partial charge in [0.1, 0.15) is 11.8 Å². The molecule has 0 aliphatic heterocycles. The first-order chi connectivity index (χ1) is 10.8. The van der Waals surface area contributed by atoms with Gasteiger partial charge < -0.3 is 4.74 Å². The summed E-state index contributed by atoms with van der Waals surface area (Å²) in [4.78, 5) is 0.0671. The van der Waals surface area contributed by atoms with Gasteiger partial charge in [-0.05, 0) is 56.3 Å². The maximum atomic E-state index is 12.4. The SMILES string of the molecule is CC(C)Oc1ccc(S(=O)(=O)Nc2cc(Cl)ccc2C#N)cc1. The average molecular weight is 351 g/mol. The predicted octanol–water partition coefficient (Wildman–Crippen LogP) is 3.80. The van der Waals surface area contributed by atoms with Crippen LogP contribution in [0.1, 0.15) is 19.4 Å². The van der Waals surface area contributed by atoms with E-state index < -0.39 is 10.0 Å². The summed E-state index contributed by atoms with van der Waals surface area (Å²) in [6, 6.07) is 12.3. The zero-order valence-corrected chi connectivity index (χ0v) is 14.1. The first kappa shape index (κ1) is 17.1. The number of nitriles is 1. The van der Waals surface area contributed by atoms with Gasteiger partial charge >= 0.3 is 0 Å². The number of hydrogen-bond donors (Lipinski definition) is 1. The van der Waals surface area contributed by atoms with Crippen LogP contribution in [-0.2, 0) is 10.0 Å². The van der Waals surface area contributed by atoms with E-state index in [1.165, 1.54) is 30.3 Å². The van der Waals surface area contributed by atoms with Gasteiger partial charge in [0.2, 0.25) is 0 Å². The second-order valence-electron chi connectivity index (χ2n) is 5.05. The van der Waals surface area contributed by atoms with Crippen LogP contribution in [0.3, 0.4) is 0 Å². The van der Waals surface area contributed by atoms with E-state index in [-0.39, 0.29) is 22.3 Å². The fourth-order valence-corrected chi connectivity index (χ4v) is 3.11. The number of rotatable bonds is 5. The Morgan fingerprint density at radius 2 is 1.83 bits per heavy atom. The van der Waals surface area contributed by atoms with Crippen LogP contribution in [0.25, 0.3) is 0 Å². The molecule has 0 unspecified atom stereocenters. The maximum Gasteiger partial charge on any atom is 0.261 e. The van der Waals surface area contributed by atoms with Crippen molar-refractivity contribution < 1.29 is 13.2 Å². The molecule has 7 heteroatoms. The molecule has 0 aliphatic carbocycles. The molecular weight excluding hydrogens is 336 g/mol. The molecule has 0 atom stereocenters. The smallest absolute Gasteiger partial charge is 0.261 e. The van der Waals surface area contributed by atoms with E-state index in [2.05, 4.69) is 4.72 Å². The van der Waals surface area contributed by atoms with Crippen molar-refractivity contribution in [2.24, 2.45) is 0 Å². The van der Waals surface area contributed by atoms with Crippen LogP contribution in [-0.4, -0.2) is 14.5 Å². The van der Waals surface area contributed by atoms with Crippen LogP contribution in [0.2, 0.25) is 5.02 Å². The standard InChI is InChI=1S/C16H15ClN2O3S/c1-11(2)22-14-5-7-15(8-6-14)23(20,21)19-16-9-13(17)4-3-12(16)10-18/h3-9,11,19H,1-2H3. The summed E-state index contributed by atoms with van der Waals surface area (Å²) in [6.07, 6.45) is 0.000213. The van der Waals surface area contributed by atoms with Gasteiger partial charge in [0.15, 0.2) is 0 Å². The highest BCUT2D eigenvalue weighted by Gasteiger charge is 2.16. The van der Waals surface area contributed by atoms with E-state index in [9.17, 15) is 8.42 Å². The third-order valence-electron chi connectivity index (χ3n) is 2.85. The second kappa shape index (κ2) is 6.90. The first-order valence-corrected chi connectivity index (χ1v) is 8.67. The highest BCUT2D eigenvalue weighted by atomic mass is 35.5. The molecule has 0 aliphatic rings. The van der Waals surface area contributed by atoms with Crippen molar-refractivity contribution in [1.82, 2.24) is 0 Å². The minimum Gasteiger partial charge on any atom is -0.491 e. The summed E-state index contributed by atoms with van der Waals surface area (Å²) >= 11 is 5.86. The number of halogens is 1. The quantitative estimate of drug-likeness (QED) is 0.889. The van der Waals surface area contributed by atoms with E-state index >= 15 is 0 Å². The Hall–Kier alpha value is -2.23. The van der Waals surface area contributed by atoms with Crippen LogP contribution < -0.4 is 9.46 Å². The summed E-state index contributed by atoms with van der Waals surface area (Å²) in [5, 5.41) is 9.39. The second-order valence-corrected chi connectivity index (χ2v) is 7.16. The molecule has 0 radical (unpaired) electrons. The summed E-state index contributed by atoms with van der Waals surface area (Å²) in [7, 11) is -3.82. The Labute approximate surface area is 140 Å². The molecule has 120 valence electrons. The number of ether oxygens (including phenoxy) is 1. The molecule has 0 fully saturated rings. The zero-order valence-electron chi connectivity index (χ0n) is 12.6. The Morgan fingerprint density at radius 1 is 1.17 bits per heavy atom. The van der Waals surface area contributed by atoms with Crippen LogP contribution in [0, 0.1) is 11.3 Å². The molecule has 0 spiro atoms. The fourth-order valence-electron chi connectivity index (χ4n) is 1.87. The van der Waals surface area contributed by atoms with E-state index in [0.717, 1.165) is 0 Å². The molecule has 5 nitrogen and oxygen atoms in total. The molecule has 0 saturated carbocycles. The molecule has 0 aromatic heterocycles. The van der Waals surface area contributed by atoms with Crippen molar-refractivity contribution in [3.8, 4) is 11.8 Å². The minimum atomic E-state index is -3.82. The molecule has 2 aromatic rings. The first-order valence-electron chi connectivity index (χ1n) is 6.81. The van der Waals surface area contributed by atoms with Gasteiger partial charge in [-0.2, -0.15) is 5.26 Å². The van der Waals surface area contributed by atoms with Crippen LogP contribution in [0.4, 0.5) is 5.69 Å². The van der Waals surface area contributed by atoms with E-state index in [4.69, 9.17) is 21.6 Å². The lowest BCUT2D eigenvalue weighted by molar-refractivity contribution is 0.242. The number of nitrogens with one attached hydrogen (secondary N) is 1. The van der Waals surface area contributed by atoms with Gasteiger partial charge in [-0.1, -0.05) is 11.6 Å². The largest absolute Gasteiger partial charge is 0.491 e. The molecule has 0 heterocycles. The van der Waals surface area contributed by atoms with Crippen molar-refractivity contribution >= 4 is 27.3 Å². The highest BCUT2D eigenvalue weighted by molar-refractivity contribution is 7.92. The molecule has 0 bridgehead atoms. The molecule has 2 aromatic carbocycles. The predicted molar refractivity (Wildman–Crippen MR) is 89.2 cm³/mol. The molecule has 23 heavy (non-hydrogen) atoms. The van der Waals surface area contributed by atoms with E-state index in [1.807, 2.05) is 19.9 Å². The lowest BCUT2D eigenvalue weighted by Gasteiger charge is -2.12. The van der Waals surface area contributed by atoms with E-state index in [1.54, 1.807) is 12.1 Å². The summed E-state index contributed by atoms with van der Waals surface area (Å²) in [5.41, 5.74) is 0.334. The van der Waals surface area contributed by atoms with Gasteiger partial charge in [-0.15, -0.1) is 0 Å². The Bertz CT molecular complexity index is 841. The number of nitrogens with zero attached hydrogens (tertiary/aromatic N) is 1. The number of anilines is 1. The molecule has 2 rings (SSSR count). The summed E-state index contributed by atoms with van der Waals surface area (Å²) in [5.74, 6) is 0.583. The summed E-state index contributed by atoms with van der Waals surface area (Å²) < 4.78 is 32.7. The van der Waals surface area contributed by atoms with Crippen molar-refractivity contribution in [1.29, 1.82) is 5.26 Å². The van der Waals surface area contributed by atoms with Gasteiger partial charge in [0, 0.05) is 5.02 Å². The van der Waals surface area contributed by atoms with Crippen LogP contribution >= 0.6 is 11.6 Å². The van der Waals surface area contributed by atoms with Crippen molar-refractivity contribution in [3.63, 3.8) is 0 Å². The van der Waals surface area contributed by atoms with Crippen molar-refractivity contribution in [3.05, 3.63) is 53.1 Å². The number of hydrogen-bond acceptors (Lipinski definition) is 4. The Balaban J connectivity index is 2.29. The third kappa shape index (κ3) is 4.38. The van der Waals surface area contributed by atoms with Gasteiger partial charge in [0.05, 0.1) is 22.3 Å². The maximum absolute atomic E-state index is 12.4. The van der Waals surface area contributed by atoms with Gasteiger partial charge in [-0.3, -0.25) is 4.72 Å². The molecule has 0 amide bonds. The van der Waals surface area contributed by atoms with Crippen molar-refractivity contribution in [2.75, 3.05) is 4.72 Å². The summed E-state index contributed by atoms with van der Waals surface area (Å²) in [6.45, 7) is 3.77. The van der Waals surface area contributed by atoms with Crippen molar-refractivity contribution in [2.45, 2.75) is 24.8 Å². The van der Waals surface area contributed by atoms with Crippen LogP contribution in [0.5, 0.6) is 5.75 Å². The normalized spacial score (nSPS) is 11.1. The Kier molecular flexibility index (Phi) is 5.14. The number of benzene rings is 2.